The maximum atomic E-state index is 12.5. The molecule has 2 amide bonds. The average Bonchev–Trinajstić information content (AvgIpc) is 3.38. The summed E-state index contributed by atoms with van der Waals surface area (Å²) in [4.78, 5) is 48.8. The molecular weight excluding hydrogens is 420 g/mol. The topological polar surface area (TPSA) is 115 Å². The van der Waals surface area contributed by atoms with E-state index in [0.29, 0.717) is 21.8 Å². The quantitative estimate of drug-likeness (QED) is 0.418. The van der Waals surface area contributed by atoms with Crippen LogP contribution in [0.3, 0.4) is 0 Å². The second kappa shape index (κ2) is 9.40. The van der Waals surface area contributed by atoms with Crippen LogP contribution >= 0.6 is 11.3 Å². The van der Waals surface area contributed by atoms with Crippen molar-refractivity contribution in [3.8, 4) is 0 Å². The summed E-state index contributed by atoms with van der Waals surface area (Å²) in [5.74, 6) is -1.63. The predicted octanol–water partition coefficient (Wildman–Crippen LogP) is 4.29. The van der Waals surface area contributed by atoms with Crippen LogP contribution in [0.1, 0.15) is 50.0 Å². The molecule has 1 aromatic carbocycles. The van der Waals surface area contributed by atoms with Crippen LogP contribution < -0.4 is 10.6 Å². The van der Waals surface area contributed by atoms with Gasteiger partial charge in [0.2, 0.25) is 0 Å². The molecule has 0 saturated heterocycles. The second-order valence-electron chi connectivity index (χ2n) is 6.73. The molecule has 0 spiro atoms. The van der Waals surface area contributed by atoms with Gasteiger partial charge in [-0.1, -0.05) is 12.1 Å². The Kier molecular flexibility index (Phi) is 6.66. The zero-order valence-corrected chi connectivity index (χ0v) is 17.9. The van der Waals surface area contributed by atoms with Gasteiger partial charge in [-0.15, -0.1) is 11.3 Å². The van der Waals surface area contributed by atoms with Gasteiger partial charge >= 0.3 is 5.97 Å². The first-order valence-electron chi connectivity index (χ1n) is 9.32. The van der Waals surface area contributed by atoms with E-state index in [0.717, 1.165) is 11.3 Å². The van der Waals surface area contributed by atoms with Crippen LogP contribution in [-0.2, 0) is 9.53 Å². The lowest BCUT2D eigenvalue weighted by molar-refractivity contribution is -0.123. The Labute approximate surface area is 182 Å². The highest BCUT2D eigenvalue weighted by Crippen LogP contribution is 2.28. The number of amides is 2. The van der Waals surface area contributed by atoms with Crippen molar-refractivity contribution in [1.29, 1.82) is 0 Å². The maximum absolute atomic E-state index is 12.5. The first-order valence-corrected chi connectivity index (χ1v) is 10.1. The third-order valence-electron chi connectivity index (χ3n) is 4.27. The highest BCUT2D eigenvalue weighted by Gasteiger charge is 2.23. The van der Waals surface area contributed by atoms with E-state index in [1.807, 2.05) is 0 Å². The van der Waals surface area contributed by atoms with Crippen LogP contribution in [0.15, 0.2) is 53.1 Å². The number of furan rings is 1. The van der Waals surface area contributed by atoms with Crippen LogP contribution in [0.25, 0.3) is 0 Å². The lowest BCUT2D eigenvalue weighted by Crippen LogP contribution is -2.30. The largest absolute Gasteiger partial charge is 0.459 e. The van der Waals surface area contributed by atoms with Crippen LogP contribution in [-0.4, -0.2) is 29.7 Å². The Morgan fingerprint density at radius 1 is 1.06 bits per heavy atom. The number of anilines is 2. The first-order chi connectivity index (χ1) is 14.7. The molecule has 0 aliphatic carbocycles. The van der Waals surface area contributed by atoms with Gasteiger partial charge in [-0.05, 0) is 56.7 Å². The van der Waals surface area contributed by atoms with Crippen molar-refractivity contribution in [2.45, 2.75) is 26.9 Å². The normalized spacial score (nSPS) is 11.5. The van der Waals surface area contributed by atoms with E-state index in [1.165, 1.54) is 26.2 Å². The molecule has 2 heterocycles. The molecule has 31 heavy (non-hydrogen) atoms. The summed E-state index contributed by atoms with van der Waals surface area (Å²) in [6.45, 7) is 4.58. The SMILES string of the molecule is CC(=O)c1cccc(NC(=O)C(C)OC(=O)c2sc(NC(=O)c3ccco3)cc2C)c1. The number of hydrogen-bond acceptors (Lipinski definition) is 7. The maximum Gasteiger partial charge on any atom is 0.349 e. The Bertz CT molecular complexity index is 1130. The van der Waals surface area contributed by atoms with Crippen LogP contribution in [0.2, 0.25) is 0 Å². The van der Waals surface area contributed by atoms with Gasteiger partial charge in [0.05, 0.1) is 11.3 Å². The number of rotatable bonds is 7. The van der Waals surface area contributed by atoms with Crippen LogP contribution in [0.4, 0.5) is 10.7 Å². The third kappa shape index (κ3) is 5.46. The first kappa shape index (κ1) is 22.0. The number of benzene rings is 1. The van der Waals surface area contributed by atoms with Gasteiger partial charge in [0.25, 0.3) is 11.8 Å². The number of carbonyl (C=O) groups excluding carboxylic acids is 4. The lowest BCUT2D eigenvalue weighted by atomic mass is 10.1. The Morgan fingerprint density at radius 2 is 1.84 bits per heavy atom. The summed E-state index contributed by atoms with van der Waals surface area (Å²) < 4.78 is 10.3. The van der Waals surface area contributed by atoms with Crippen LogP contribution in [0, 0.1) is 6.92 Å². The predicted molar refractivity (Wildman–Crippen MR) is 116 cm³/mol. The van der Waals surface area contributed by atoms with Crippen molar-refractivity contribution >= 4 is 45.6 Å². The highest BCUT2D eigenvalue weighted by molar-refractivity contribution is 7.18. The number of ether oxygens (including phenoxy) is 1. The standard InChI is InChI=1S/C22H20N2O6S/c1-12-10-18(24-21(27)17-8-5-9-29-17)31-19(12)22(28)30-14(3)20(26)23-16-7-4-6-15(11-16)13(2)25/h4-11,14H,1-3H3,(H,23,26)(H,24,27). The van der Waals surface area contributed by atoms with Gasteiger partial charge in [0.15, 0.2) is 17.6 Å². The number of nitrogens with one attached hydrogen (secondary N) is 2. The van der Waals surface area contributed by atoms with E-state index < -0.39 is 23.9 Å². The molecule has 0 aliphatic heterocycles. The molecule has 0 saturated carbocycles. The number of aryl methyl sites for hydroxylation is 1. The van der Waals surface area contributed by atoms with Gasteiger partial charge in [-0.2, -0.15) is 0 Å². The summed E-state index contributed by atoms with van der Waals surface area (Å²) in [5.41, 5.74) is 1.49. The monoisotopic (exact) mass is 440 g/mol. The number of esters is 1. The van der Waals surface area contributed by atoms with Crippen LogP contribution in [0.5, 0.6) is 0 Å². The van der Waals surface area contributed by atoms with E-state index in [9.17, 15) is 19.2 Å². The van der Waals surface area contributed by atoms with Crippen molar-refractivity contribution < 1.29 is 28.3 Å². The van der Waals surface area contributed by atoms with Gasteiger partial charge in [0, 0.05) is 11.3 Å². The van der Waals surface area contributed by atoms with E-state index in [4.69, 9.17) is 9.15 Å². The molecular formula is C22H20N2O6S. The molecule has 1 atom stereocenters. The van der Waals surface area contributed by atoms with E-state index in [-0.39, 0.29) is 16.4 Å². The number of carbonyl (C=O) groups is 4. The van der Waals surface area contributed by atoms with Gasteiger partial charge in [0.1, 0.15) is 4.88 Å². The molecule has 3 aromatic rings. The number of ketones is 1. The minimum atomic E-state index is -1.07. The van der Waals surface area contributed by atoms with Crippen molar-refractivity contribution in [3.05, 3.63) is 70.5 Å². The van der Waals surface area contributed by atoms with Crippen molar-refractivity contribution in [3.63, 3.8) is 0 Å². The summed E-state index contributed by atoms with van der Waals surface area (Å²) in [6, 6.07) is 11.2. The summed E-state index contributed by atoms with van der Waals surface area (Å²) in [7, 11) is 0. The molecule has 160 valence electrons. The zero-order valence-electron chi connectivity index (χ0n) is 17.1. The molecule has 9 heteroatoms. The zero-order chi connectivity index (χ0) is 22.5. The number of hydrogen-bond donors (Lipinski definition) is 2. The second-order valence-corrected chi connectivity index (χ2v) is 7.78. The molecule has 0 fully saturated rings. The molecule has 2 aromatic heterocycles. The summed E-state index contributed by atoms with van der Waals surface area (Å²) in [6.07, 6.45) is 0.316. The average molecular weight is 440 g/mol. The molecule has 2 N–H and O–H groups in total. The highest BCUT2D eigenvalue weighted by atomic mass is 32.1. The molecule has 8 nitrogen and oxygen atoms in total. The Hall–Kier alpha value is -3.72. The molecule has 3 rings (SSSR count). The summed E-state index contributed by atoms with van der Waals surface area (Å²) >= 11 is 1.04. The van der Waals surface area contributed by atoms with Gasteiger partial charge in [-0.3, -0.25) is 14.4 Å². The van der Waals surface area contributed by atoms with E-state index in [1.54, 1.807) is 43.3 Å². The van der Waals surface area contributed by atoms with E-state index >= 15 is 0 Å². The fourth-order valence-electron chi connectivity index (χ4n) is 2.66. The summed E-state index contributed by atoms with van der Waals surface area (Å²) in [5, 5.41) is 5.73. The fourth-order valence-corrected chi connectivity index (χ4v) is 3.61. The van der Waals surface area contributed by atoms with Crippen molar-refractivity contribution in [2.24, 2.45) is 0 Å². The van der Waals surface area contributed by atoms with Crippen molar-refractivity contribution in [1.82, 2.24) is 0 Å². The smallest absolute Gasteiger partial charge is 0.349 e. The minimum Gasteiger partial charge on any atom is -0.459 e. The van der Waals surface area contributed by atoms with Gasteiger partial charge < -0.3 is 19.8 Å². The molecule has 1 unspecified atom stereocenters. The number of thiophene rings is 1. The molecule has 0 aliphatic rings. The molecule has 0 radical (unpaired) electrons. The lowest BCUT2D eigenvalue weighted by Gasteiger charge is -2.13. The fraction of sp³-hybridized carbons (Fsp3) is 0.182. The minimum absolute atomic E-state index is 0.126. The third-order valence-corrected chi connectivity index (χ3v) is 5.41. The van der Waals surface area contributed by atoms with Crippen molar-refractivity contribution in [2.75, 3.05) is 10.6 Å². The molecule has 0 bridgehead atoms. The Balaban J connectivity index is 1.62. The van der Waals surface area contributed by atoms with E-state index in [2.05, 4.69) is 10.6 Å². The Morgan fingerprint density at radius 3 is 2.52 bits per heavy atom. The number of Topliss-reactive ketones (excluding diaryl/α,β-unsaturated/α-hetero) is 1. The van der Waals surface area contributed by atoms with Gasteiger partial charge in [-0.25, -0.2) is 4.79 Å².